The van der Waals surface area contributed by atoms with E-state index >= 15 is 0 Å². The molecule has 0 aliphatic rings. The first-order valence-corrected chi connectivity index (χ1v) is 4.83. The lowest BCUT2D eigenvalue weighted by Crippen LogP contribution is -2.17. The van der Waals surface area contributed by atoms with Crippen LogP contribution in [0.25, 0.3) is 6.08 Å². The topological polar surface area (TPSA) is 33.0 Å². The van der Waals surface area contributed by atoms with Crippen molar-refractivity contribution in [3.63, 3.8) is 0 Å². The monoisotopic (exact) mass is 291 g/mol. The highest BCUT2D eigenvalue weighted by Gasteiger charge is 2.31. The van der Waals surface area contributed by atoms with Crippen molar-refractivity contribution in [2.75, 3.05) is 0 Å². The van der Waals surface area contributed by atoms with Crippen LogP contribution in [-0.4, -0.2) is 6.36 Å². The first-order chi connectivity index (χ1) is 7.42. The van der Waals surface area contributed by atoms with E-state index in [1.807, 2.05) is 0 Å². The van der Waals surface area contributed by atoms with Gasteiger partial charge in [-0.1, -0.05) is 22.0 Å². The van der Waals surface area contributed by atoms with E-state index in [1.165, 1.54) is 18.2 Å². The average Bonchev–Trinajstić information content (AvgIpc) is 2.14. The summed E-state index contributed by atoms with van der Waals surface area (Å²) in [5, 5.41) is 8.30. The van der Waals surface area contributed by atoms with E-state index in [0.717, 1.165) is 6.08 Å². The highest BCUT2D eigenvalue weighted by Crippen LogP contribution is 2.30. The van der Waals surface area contributed by atoms with Crippen LogP contribution in [0.3, 0.4) is 0 Å². The number of allylic oxidation sites excluding steroid dienone is 1. The summed E-state index contributed by atoms with van der Waals surface area (Å²) in [7, 11) is 0. The molecule has 0 N–H and O–H groups in total. The fraction of sp³-hybridized carbons (Fsp3) is 0.100. The van der Waals surface area contributed by atoms with E-state index in [-0.39, 0.29) is 11.3 Å². The maximum Gasteiger partial charge on any atom is 0.573 e. The van der Waals surface area contributed by atoms with Gasteiger partial charge in [-0.05, 0) is 18.2 Å². The lowest BCUT2D eigenvalue weighted by molar-refractivity contribution is -0.274. The normalized spacial score (nSPS) is 11.4. The molecule has 0 amide bonds. The van der Waals surface area contributed by atoms with E-state index in [0.29, 0.717) is 4.47 Å². The second-order valence-electron chi connectivity index (χ2n) is 2.69. The number of nitrogens with zero attached hydrogens (tertiary/aromatic N) is 1. The van der Waals surface area contributed by atoms with Crippen LogP contribution in [0.4, 0.5) is 13.2 Å². The van der Waals surface area contributed by atoms with Crippen molar-refractivity contribution in [2.24, 2.45) is 0 Å². The second-order valence-corrected chi connectivity index (χ2v) is 3.61. The summed E-state index contributed by atoms with van der Waals surface area (Å²) in [5.74, 6) is -0.353. The van der Waals surface area contributed by atoms with Crippen LogP contribution in [0.2, 0.25) is 0 Å². The Kier molecular flexibility index (Phi) is 3.96. The number of hydrogen-bond acceptors (Lipinski definition) is 2. The van der Waals surface area contributed by atoms with Gasteiger partial charge in [0.1, 0.15) is 5.75 Å². The summed E-state index contributed by atoms with van der Waals surface area (Å²) in [5.41, 5.74) is 0.182. The molecule has 0 spiro atoms. The van der Waals surface area contributed by atoms with Crippen molar-refractivity contribution >= 4 is 22.0 Å². The minimum absolute atomic E-state index is 0.182. The molecule has 0 atom stereocenters. The van der Waals surface area contributed by atoms with Crippen LogP contribution in [0.1, 0.15) is 5.56 Å². The molecule has 0 heterocycles. The van der Waals surface area contributed by atoms with Gasteiger partial charge >= 0.3 is 6.36 Å². The van der Waals surface area contributed by atoms with E-state index < -0.39 is 6.36 Å². The summed E-state index contributed by atoms with van der Waals surface area (Å²) in [4.78, 5) is 0. The van der Waals surface area contributed by atoms with Crippen LogP contribution < -0.4 is 4.74 Å². The maximum atomic E-state index is 12.0. The molecule has 1 rings (SSSR count). The Bertz CT molecular complexity index is 448. The van der Waals surface area contributed by atoms with Gasteiger partial charge < -0.3 is 4.74 Å². The molecule has 84 valence electrons. The van der Waals surface area contributed by atoms with Crippen molar-refractivity contribution < 1.29 is 17.9 Å². The fourth-order valence-corrected chi connectivity index (χ4v) is 1.33. The third-order valence-electron chi connectivity index (χ3n) is 1.54. The lowest BCUT2D eigenvalue weighted by Gasteiger charge is -2.11. The van der Waals surface area contributed by atoms with Gasteiger partial charge in [0, 0.05) is 16.1 Å². The number of rotatable bonds is 2. The first kappa shape index (κ1) is 12.6. The minimum atomic E-state index is -4.75. The minimum Gasteiger partial charge on any atom is -0.405 e. The van der Waals surface area contributed by atoms with Gasteiger partial charge in [-0.2, -0.15) is 5.26 Å². The van der Waals surface area contributed by atoms with Crippen LogP contribution in [-0.2, 0) is 0 Å². The molecule has 1 aromatic carbocycles. The highest BCUT2D eigenvalue weighted by molar-refractivity contribution is 9.10. The zero-order chi connectivity index (χ0) is 12.2. The lowest BCUT2D eigenvalue weighted by atomic mass is 10.2. The number of hydrogen-bond donors (Lipinski definition) is 0. The largest absolute Gasteiger partial charge is 0.573 e. The molecule has 6 heteroatoms. The second kappa shape index (κ2) is 5.03. The molecule has 16 heavy (non-hydrogen) atoms. The third-order valence-corrected chi connectivity index (χ3v) is 2.03. The molecular weight excluding hydrogens is 287 g/mol. The molecule has 0 bridgehead atoms. The number of alkyl halides is 3. The molecule has 1 aromatic rings. The van der Waals surface area contributed by atoms with Crippen LogP contribution in [0.15, 0.2) is 28.7 Å². The van der Waals surface area contributed by atoms with Crippen molar-refractivity contribution in [1.82, 2.24) is 0 Å². The number of benzene rings is 1. The molecule has 0 aliphatic heterocycles. The average molecular weight is 292 g/mol. The van der Waals surface area contributed by atoms with E-state index in [9.17, 15) is 13.2 Å². The molecule has 0 fully saturated rings. The van der Waals surface area contributed by atoms with Crippen LogP contribution in [0.5, 0.6) is 5.75 Å². The van der Waals surface area contributed by atoms with Gasteiger partial charge in [-0.15, -0.1) is 13.2 Å². The Morgan fingerprint density at radius 1 is 1.38 bits per heavy atom. The summed E-state index contributed by atoms with van der Waals surface area (Å²) < 4.78 is 40.4. The van der Waals surface area contributed by atoms with Crippen molar-refractivity contribution in [2.45, 2.75) is 6.36 Å². The fourth-order valence-electron chi connectivity index (χ4n) is 0.986. The molecule has 0 radical (unpaired) electrons. The van der Waals surface area contributed by atoms with E-state index in [2.05, 4.69) is 20.7 Å². The quantitative estimate of drug-likeness (QED) is 0.775. The highest BCUT2D eigenvalue weighted by atomic mass is 79.9. The Hall–Kier alpha value is -1.48. The van der Waals surface area contributed by atoms with Crippen molar-refractivity contribution in [3.8, 4) is 11.8 Å². The number of ether oxygens (including phenoxy) is 1. The summed E-state index contributed by atoms with van der Waals surface area (Å²) in [6, 6.07) is 5.85. The predicted octanol–water partition coefficient (Wildman–Crippen LogP) is 3.88. The predicted molar refractivity (Wildman–Crippen MR) is 55.5 cm³/mol. The van der Waals surface area contributed by atoms with E-state index in [4.69, 9.17) is 5.26 Å². The molecule has 0 saturated heterocycles. The van der Waals surface area contributed by atoms with Crippen LogP contribution >= 0.6 is 15.9 Å². The Morgan fingerprint density at radius 3 is 2.62 bits per heavy atom. The number of nitriles is 1. The smallest absolute Gasteiger partial charge is 0.405 e. The first-order valence-electron chi connectivity index (χ1n) is 4.04. The standard InChI is InChI=1S/C10H5BrF3NO/c11-8-4-3-7(2-1-5-15)9(6-8)16-10(12,13)14/h1-4,6H. The third kappa shape index (κ3) is 3.95. The molecule has 0 unspecified atom stereocenters. The molecule has 0 aromatic heterocycles. The molecule has 0 saturated carbocycles. The van der Waals surface area contributed by atoms with Crippen molar-refractivity contribution in [1.29, 1.82) is 5.26 Å². The summed E-state index contributed by atoms with van der Waals surface area (Å²) >= 11 is 3.04. The summed E-state index contributed by atoms with van der Waals surface area (Å²) in [6.45, 7) is 0. The van der Waals surface area contributed by atoms with Gasteiger partial charge in [0.2, 0.25) is 0 Å². The van der Waals surface area contributed by atoms with Crippen LogP contribution in [0, 0.1) is 11.3 Å². The summed E-state index contributed by atoms with van der Waals surface area (Å²) in [6.07, 6.45) is -2.43. The zero-order valence-electron chi connectivity index (χ0n) is 7.75. The zero-order valence-corrected chi connectivity index (χ0v) is 9.34. The Labute approximate surface area is 98.1 Å². The van der Waals surface area contributed by atoms with Gasteiger partial charge in [0.05, 0.1) is 6.07 Å². The van der Waals surface area contributed by atoms with E-state index in [1.54, 1.807) is 12.1 Å². The molecule has 0 aliphatic carbocycles. The van der Waals surface area contributed by atoms with Gasteiger partial charge in [0.15, 0.2) is 0 Å². The Morgan fingerprint density at radius 2 is 2.06 bits per heavy atom. The van der Waals surface area contributed by atoms with Gasteiger partial charge in [0.25, 0.3) is 0 Å². The molecule has 2 nitrogen and oxygen atoms in total. The SMILES string of the molecule is N#CC=Cc1ccc(Br)cc1OC(F)(F)F. The Balaban J connectivity index is 3.09. The number of halogens is 4. The van der Waals surface area contributed by atoms with Gasteiger partial charge in [-0.3, -0.25) is 0 Å². The molecular formula is C10H5BrF3NO. The van der Waals surface area contributed by atoms with Gasteiger partial charge in [-0.25, -0.2) is 0 Å². The maximum absolute atomic E-state index is 12.0. The van der Waals surface area contributed by atoms with Crippen molar-refractivity contribution in [3.05, 3.63) is 34.3 Å².